The minimum atomic E-state index is -0.751. The van der Waals surface area contributed by atoms with E-state index in [-0.39, 0.29) is 0 Å². The van der Waals surface area contributed by atoms with Gasteiger partial charge < -0.3 is 0 Å². The van der Waals surface area contributed by atoms with Crippen LogP contribution in [0.5, 0.6) is 0 Å². The highest BCUT2D eigenvalue weighted by Gasteiger charge is 2.39. The Morgan fingerprint density at radius 3 is 1.92 bits per heavy atom. The Hall–Kier alpha value is -0.0700. The molecule has 0 N–H and O–H groups in total. The van der Waals surface area contributed by atoms with Crippen LogP contribution in [0.3, 0.4) is 0 Å². The van der Waals surface area contributed by atoms with E-state index in [1.54, 1.807) is 0 Å². The summed E-state index contributed by atoms with van der Waals surface area (Å²) in [7, 11) is 0. The van der Waals surface area contributed by atoms with Crippen molar-refractivity contribution in [1.29, 1.82) is 0 Å². The average molecular weight is 184 g/mol. The van der Waals surface area contributed by atoms with Crippen LogP contribution in [0.15, 0.2) is 0 Å². The maximum absolute atomic E-state index is 14.5. The van der Waals surface area contributed by atoms with Gasteiger partial charge in [0, 0.05) is 0 Å². The third kappa shape index (κ3) is 2.05. The molecule has 76 valence electrons. The maximum Gasteiger partial charge on any atom is 0.113 e. The molecule has 13 heavy (non-hydrogen) atoms. The molecular weight excluding hydrogens is 163 g/mol. The molecule has 0 unspecified atom stereocenters. The van der Waals surface area contributed by atoms with Gasteiger partial charge in [-0.1, -0.05) is 38.5 Å². The summed E-state index contributed by atoms with van der Waals surface area (Å²) >= 11 is 0. The van der Waals surface area contributed by atoms with Crippen molar-refractivity contribution < 1.29 is 4.39 Å². The minimum Gasteiger partial charge on any atom is -0.244 e. The van der Waals surface area contributed by atoms with E-state index in [1.807, 2.05) is 0 Å². The van der Waals surface area contributed by atoms with E-state index in [1.165, 1.54) is 25.7 Å². The van der Waals surface area contributed by atoms with Gasteiger partial charge in [0.1, 0.15) is 5.67 Å². The number of rotatable bonds is 1. The van der Waals surface area contributed by atoms with E-state index in [0.717, 1.165) is 38.5 Å². The van der Waals surface area contributed by atoms with Gasteiger partial charge in [-0.15, -0.1) is 0 Å². The molecule has 0 aromatic heterocycles. The third-order valence-corrected chi connectivity index (χ3v) is 4.02. The Morgan fingerprint density at radius 1 is 0.769 bits per heavy atom. The van der Waals surface area contributed by atoms with Crippen LogP contribution in [0.25, 0.3) is 0 Å². The molecule has 0 nitrogen and oxygen atoms in total. The zero-order valence-electron chi connectivity index (χ0n) is 8.53. The highest BCUT2D eigenvalue weighted by atomic mass is 19.1. The van der Waals surface area contributed by atoms with Crippen LogP contribution >= 0.6 is 0 Å². The molecule has 0 aromatic carbocycles. The van der Waals surface area contributed by atoms with E-state index < -0.39 is 5.67 Å². The van der Waals surface area contributed by atoms with Crippen LogP contribution in [-0.4, -0.2) is 5.67 Å². The molecule has 0 heterocycles. The summed E-state index contributed by atoms with van der Waals surface area (Å²) in [6, 6.07) is 0. The third-order valence-electron chi connectivity index (χ3n) is 4.02. The SMILES string of the molecule is FC1(C2CCCCC2)CCCCC1. The lowest BCUT2D eigenvalue weighted by atomic mass is 9.71. The molecule has 2 fully saturated rings. The van der Waals surface area contributed by atoms with Gasteiger partial charge in [-0.05, 0) is 31.6 Å². The van der Waals surface area contributed by atoms with E-state index in [9.17, 15) is 4.39 Å². The molecule has 0 aromatic rings. The number of alkyl halides is 1. The second-order valence-corrected chi connectivity index (χ2v) is 4.93. The van der Waals surface area contributed by atoms with Crippen molar-refractivity contribution in [2.45, 2.75) is 69.9 Å². The molecule has 0 atom stereocenters. The first-order valence-electron chi connectivity index (χ1n) is 6.00. The molecule has 0 bridgehead atoms. The summed E-state index contributed by atoms with van der Waals surface area (Å²) in [5, 5.41) is 0. The first kappa shape index (κ1) is 9.48. The van der Waals surface area contributed by atoms with Gasteiger partial charge in [0.15, 0.2) is 0 Å². The molecule has 0 saturated heterocycles. The first-order valence-corrected chi connectivity index (χ1v) is 6.00. The van der Waals surface area contributed by atoms with Gasteiger partial charge in [-0.3, -0.25) is 0 Å². The van der Waals surface area contributed by atoms with Crippen molar-refractivity contribution in [2.75, 3.05) is 0 Å². The molecule has 0 aliphatic heterocycles. The lowest BCUT2D eigenvalue weighted by Gasteiger charge is -2.38. The first-order chi connectivity index (χ1) is 6.31. The fraction of sp³-hybridized carbons (Fsp3) is 1.00. The lowest BCUT2D eigenvalue weighted by Crippen LogP contribution is -2.36. The Bertz CT molecular complexity index is 153. The van der Waals surface area contributed by atoms with Crippen LogP contribution in [0, 0.1) is 5.92 Å². The Balaban J connectivity index is 1.94. The smallest absolute Gasteiger partial charge is 0.113 e. The molecule has 0 radical (unpaired) electrons. The fourth-order valence-corrected chi connectivity index (χ4v) is 3.17. The standard InChI is InChI=1S/C12H21F/c13-12(9-5-2-6-10-12)11-7-3-1-4-8-11/h11H,1-10H2. The van der Waals surface area contributed by atoms with Crippen molar-refractivity contribution in [2.24, 2.45) is 5.92 Å². The monoisotopic (exact) mass is 184 g/mol. The Kier molecular flexibility index (Phi) is 2.90. The van der Waals surface area contributed by atoms with Crippen LogP contribution in [-0.2, 0) is 0 Å². The van der Waals surface area contributed by atoms with Gasteiger partial charge in [0.05, 0.1) is 0 Å². The van der Waals surface area contributed by atoms with Crippen molar-refractivity contribution in [3.63, 3.8) is 0 Å². The molecule has 2 aliphatic carbocycles. The van der Waals surface area contributed by atoms with Crippen LogP contribution < -0.4 is 0 Å². The Morgan fingerprint density at radius 2 is 1.31 bits per heavy atom. The highest BCUT2D eigenvalue weighted by molar-refractivity contribution is 4.90. The molecule has 0 amide bonds. The van der Waals surface area contributed by atoms with Crippen LogP contribution in [0.1, 0.15) is 64.2 Å². The van der Waals surface area contributed by atoms with E-state index in [4.69, 9.17) is 0 Å². The van der Waals surface area contributed by atoms with Crippen LogP contribution in [0.2, 0.25) is 0 Å². The largest absolute Gasteiger partial charge is 0.244 e. The zero-order valence-corrected chi connectivity index (χ0v) is 8.53. The molecule has 2 saturated carbocycles. The Labute approximate surface area is 80.9 Å². The topological polar surface area (TPSA) is 0 Å². The molecular formula is C12H21F. The summed E-state index contributed by atoms with van der Waals surface area (Å²) in [5.74, 6) is 0.418. The normalized spacial score (nSPS) is 30.2. The summed E-state index contributed by atoms with van der Waals surface area (Å²) in [6.45, 7) is 0. The van der Waals surface area contributed by atoms with Crippen molar-refractivity contribution >= 4 is 0 Å². The van der Waals surface area contributed by atoms with Crippen molar-refractivity contribution in [3.8, 4) is 0 Å². The van der Waals surface area contributed by atoms with Gasteiger partial charge >= 0.3 is 0 Å². The van der Waals surface area contributed by atoms with Crippen molar-refractivity contribution in [1.82, 2.24) is 0 Å². The molecule has 1 heteroatoms. The summed E-state index contributed by atoms with van der Waals surface area (Å²) < 4.78 is 14.5. The predicted molar refractivity (Wildman–Crippen MR) is 53.5 cm³/mol. The minimum absolute atomic E-state index is 0.418. The fourth-order valence-electron chi connectivity index (χ4n) is 3.17. The summed E-state index contributed by atoms with van der Waals surface area (Å²) in [6.07, 6.45) is 11.5. The molecule has 0 spiro atoms. The quantitative estimate of drug-likeness (QED) is 0.572. The second-order valence-electron chi connectivity index (χ2n) is 4.93. The van der Waals surface area contributed by atoms with Gasteiger partial charge in [-0.25, -0.2) is 4.39 Å². The number of halogens is 1. The predicted octanol–water partition coefficient (Wildman–Crippen LogP) is 4.24. The van der Waals surface area contributed by atoms with E-state index in [0.29, 0.717) is 5.92 Å². The molecule has 2 rings (SSSR count). The van der Waals surface area contributed by atoms with E-state index >= 15 is 0 Å². The van der Waals surface area contributed by atoms with Gasteiger partial charge in [-0.2, -0.15) is 0 Å². The van der Waals surface area contributed by atoms with Gasteiger partial charge in [0.25, 0.3) is 0 Å². The number of hydrogen-bond acceptors (Lipinski definition) is 0. The number of hydrogen-bond donors (Lipinski definition) is 0. The van der Waals surface area contributed by atoms with Crippen LogP contribution in [0.4, 0.5) is 4.39 Å². The van der Waals surface area contributed by atoms with Crippen molar-refractivity contribution in [3.05, 3.63) is 0 Å². The second kappa shape index (κ2) is 3.98. The lowest BCUT2D eigenvalue weighted by molar-refractivity contribution is 0.0195. The highest BCUT2D eigenvalue weighted by Crippen LogP contribution is 2.44. The molecule has 2 aliphatic rings. The van der Waals surface area contributed by atoms with Gasteiger partial charge in [0.2, 0.25) is 0 Å². The zero-order chi connectivity index (χ0) is 9.15. The maximum atomic E-state index is 14.5. The summed E-state index contributed by atoms with van der Waals surface area (Å²) in [4.78, 5) is 0. The van der Waals surface area contributed by atoms with E-state index in [2.05, 4.69) is 0 Å². The average Bonchev–Trinajstić information content (AvgIpc) is 2.20. The summed E-state index contributed by atoms with van der Waals surface area (Å²) in [5.41, 5.74) is -0.751.